The molecule has 0 aliphatic rings. The van der Waals surface area contributed by atoms with Gasteiger partial charge in [0.25, 0.3) is 0 Å². The lowest BCUT2D eigenvalue weighted by Crippen LogP contribution is -2.22. The number of urea groups is 1. The molecule has 0 fully saturated rings. The van der Waals surface area contributed by atoms with Crippen LogP contribution < -0.4 is 10.6 Å². The number of benzene rings is 1. The number of carbonyl (C=O) groups is 1. The third-order valence-corrected chi connectivity index (χ3v) is 2.55. The number of para-hydroxylation sites is 1. The van der Waals surface area contributed by atoms with Crippen molar-refractivity contribution in [1.82, 2.24) is 10.2 Å². The number of rotatable bonds is 2. The van der Waals surface area contributed by atoms with Crippen LogP contribution in [-0.2, 0) is 6.18 Å². The Morgan fingerprint density at radius 2 is 1.95 bits per heavy atom. The molecule has 8 heteroatoms. The Balaban J connectivity index is 2.15. The lowest BCUT2D eigenvalue weighted by Gasteiger charge is -2.13. The maximum absolute atomic E-state index is 12.8. The molecular formula is C12H11F3N4O. The van der Waals surface area contributed by atoms with Crippen LogP contribution in [0.4, 0.5) is 29.5 Å². The zero-order chi connectivity index (χ0) is 14.8. The molecule has 20 heavy (non-hydrogen) atoms. The quantitative estimate of drug-likeness (QED) is 0.791. The number of aromatic amines is 1. The third-order valence-electron chi connectivity index (χ3n) is 2.55. The van der Waals surface area contributed by atoms with E-state index in [4.69, 9.17) is 0 Å². The van der Waals surface area contributed by atoms with Crippen LogP contribution in [-0.4, -0.2) is 16.2 Å². The standard InChI is InChI=1S/C12H11F3N4O/c1-7-6-16-19-10(7)18-11(20)17-9-5-3-2-4-8(9)12(13,14)15/h2-6H,1H3,(H3,16,17,18,19,20). The number of amides is 2. The van der Waals surface area contributed by atoms with Crippen LogP contribution in [0.1, 0.15) is 11.1 Å². The second-order valence-electron chi connectivity index (χ2n) is 4.05. The second-order valence-corrected chi connectivity index (χ2v) is 4.05. The van der Waals surface area contributed by atoms with Crippen molar-refractivity contribution in [2.24, 2.45) is 0 Å². The summed E-state index contributed by atoms with van der Waals surface area (Å²) in [6, 6.07) is 3.96. The molecule has 2 rings (SSSR count). The van der Waals surface area contributed by atoms with E-state index < -0.39 is 17.8 Å². The van der Waals surface area contributed by atoms with Crippen molar-refractivity contribution in [3.63, 3.8) is 0 Å². The predicted octanol–water partition coefficient (Wildman–Crippen LogP) is 3.38. The summed E-state index contributed by atoms with van der Waals surface area (Å²) < 4.78 is 38.3. The van der Waals surface area contributed by atoms with Gasteiger partial charge in [-0.05, 0) is 19.1 Å². The largest absolute Gasteiger partial charge is 0.418 e. The number of nitrogens with zero attached hydrogens (tertiary/aromatic N) is 1. The first-order valence-electron chi connectivity index (χ1n) is 5.62. The lowest BCUT2D eigenvalue weighted by atomic mass is 10.1. The Morgan fingerprint density at radius 1 is 1.25 bits per heavy atom. The monoisotopic (exact) mass is 284 g/mol. The highest BCUT2D eigenvalue weighted by molar-refractivity contribution is 6.00. The smallest absolute Gasteiger partial charge is 0.307 e. The molecule has 0 radical (unpaired) electrons. The van der Waals surface area contributed by atoms with Gasteiger partial charge in [-0.2, -0.15) is 18.3 Å². The van der Waals surface area contributed by atoms with Gasteiger partial charge in [0.2, 0.25) is 0 Å². The molecule has 1 heterocycles. The summed E-state index contributed by atoms with van der Waals surface area (Å²) in [5, 5.41) is 10.8. The fraction of sp³-hybridized carbons (Fsp3) is 0.167. The molecule has 2 amide bonds. The van der Waals surface area contributed by atoms with Crippen molar-refractivity contribution >= 4 is 17.5 Å². The summed E-state index contributed by atoms with van der Waals surface area (Å²) in [6.07, 6.45) is -3.05. The Labute approximate surface area is 112 Å². The number of nitrogens with one attached hydrogen (secondary N) is 3. The van der Waals surface area contributed by atoms with Gasteiger partial charge >= 0.3 is 12.2 Å². The number of anilines is 2. The highest BCUT2D eigenvalue weighted by atomic mass is 19.4. The number of hydrogen-bond donors (Lipinski definition) is 3. The number of aromatic nitrogens is 2. The molecule has 1 aromatic carbocycles. The molecular weight excluding hydrogens is 273 g/mol. The normalized spacial score (nSPS) is 11.2. The van der Waals surface area contributed by atoms with Gasteiger partial charge in [-0.25, -0.2) is 4.79 Å². The summed E-state index contributed by atoms with van der Waals surface area (Å²) in [6.45, 7) is 1.70. The van der Waals surface area contributed by atoms with Crippen LogP contribution in [0.25, 0.3) is 0 Å². The van der Waals surface area contributed by atoms with E-state index in [2.05, 4.69) is 20.8 Å². The maximum Gasteiger partial charge on any atom is 0.418 e. The molecule has 0 atom stereocenters. The summed E-state index contributed by atoms with van der Waals surface area (Å²) in [5.74, 6) is 0.326. The Bertz CT molecular complexity index is 621. The number of H-pyrrole nitrogens is 1. The molecule has 0 aliphatic heterocycles. The maximum atomic E-state index is 12.8. The van der Waals surface area contributed by atoms with E-state index in [-0.39, 0.29) is 5.69 Å². The Kier molecular flexibility index (Phi) is 3.64. The molecule has 2 aromatic rings. The van der Waals surface area contributed by atoms with Crippen molar-refractivity contribution < 1.29 is 18.0 Å². The number of aryl methyl sites for hydroxylation is 1. The van der Waals surface area contributed by atoms with Gasteiger partial charge in [-0.3, -0.25) is 10.4 Å². The third kappa shape index (κ3) is 3.08. The molecule has 0 saturated heterocycles. The van der Waals surface area contributed by atoms with Crippen molar-refractivity contribution in [2.75, 3.05) is 10.6 Å². The van der Waals surface area contributed by atoms with Gasteiger partial charge in [0, 0.05) is 5.56 Å². The number of hydrogen-bond acceptors (Lipinski definition) is 2. The lowest BCUT2D eigenvalue weighted by molar-refractivity contribution is -0.136. The minimum absolute atomic E-state index is 0.310. The van der Waals surface area contributed by atoms with Gasteiger partial charge in [0.15, 0.2) is 0 Å². The molecule has 0 bridgehead atoms. The van der Waals surface area contributed by atoms with Crippen LogP contribution in [0, 0.1) is 6.92 Å². The van der Waals surface area contributed by atoms with Crippen LogP contribution in [0.5, 0.6) is 0 Å². The minimum Gasteiger partial charge on any atom is -0.307 e. The molecule has 0 spiro atoms. The molecule has 0 unspecified atom stereocenters. The average Bonchev–Trinajstić information content (AvgIpc) is 2.74. The highest BCUT2D eigenvalue weighted by Crippen LogP contribution is 2.34. The van der Waals surface area contributed by atoms with Crippen LogP contribution in [0.3, 0.4) is 0 Å². The van der Waals surface area contributed by atoms with E-state index in [1.54, 1.807) is 6.92 Å². The van der Waals surface area contributed by atoms with E-state index in [0.29, 0.717) is 11.4 Å². The van der Waals surface area contributed by atoms with Crippen molar-refractivity contribution in [2.45, 2.75) is 13.1 Å². The van der Waals surface area contributed by atoms with Gasteiger partial charge in [-0.1, -0.05) is 12.1 Å². The summed E-state index contributed by atoms with van der Waals surface area (Å²) >= 11 is 0. The zero-order valence-corrected chi connectivity index (χ0v) is 10.4. The van der Waals surface area contributed by atoms with Crippen molar-refractivity contribution in [3.8, 4) is 0 Å². The molecule has 0 aliphatic carbocycles. The average molecular weight is 284 g/mol. The molecule has 0 saturated carbocycles. The van der Waals surface area contributed by atoms with Gasteiger partial charge in [0.05, 0.1) is 17.4 Å². The first-order valence-corrected chi connectivity index (χ1v) is 5.62. The molecule has 106 valence electrons. The van der Waals surface area contributed by atoms with Crippen molar-refractivity contribution in [3.05, 3.63) is 41.6 Å². The molecule has 3 N–H and O–H groups in total. The van der Waals surface area contributed by atoms with Gasteiger partial charge in [-0.15, -0.1) is 0 Å². The van der Waals surface area contributed by atoms with Crippen LogP contribution >= 0.6 is 0 Å². The van der Waals surface area contributed by atoms with Crippen LogP contribution in [0.15, 0.2) is 30.5 Å². The Morgan fingerprint density at radius 3 is 2.55 bits per heavy atom. The first kappa shape index (κ1) is 13.9. The highest BCUT2D eigenvalue weighted by Gasteiger charge is 2.33. The number of carbonyl (C=O) groups excluding carboxylic acids is 1. The summed E-state index contributed by atoms with van der Waals surface area (Å²) in [4.78, 5) is 11.7. The fourth-order valence-electron chi connectivity index (χ4n) is 1.58. The molecule has 5 nitrogen and oxygen atoms in total. The van der Waals surface area contributed by atoms with E-state index >= 15 is 0 Å². The zero-order valence-electron chi connectivity index (χ0n) is 10.4. The second kappa shape index (κ2) is 5.24. The summed E-state index contributed by atoms with van der Waals surface area (Å²) in [5.41, 5.74) is -0.546. The SMILES string of the molecule is Cc1cn[nH]c1NC(=O)Nc1ccccc1C(F)(F)F. The molecule has 1 aromatic heterocycles. The number of halogens is 3. The predicted molar refractivity (Wildman–Crippen MR) is 67.4 cm³/mol. The van der Waals surface area contributed by atoms with Gasteiger partial charge in [0.1, 0.15) is 5.82 Å². The van der Waals surface area contributed by atoms with Crippen LogP contribution in [0.2, 0.25) is 0 Å². The van der Waals surface area contributed by atoms with Gasteiger partial charge < -0.3 is 5.32 Å². The summed E-state index contributed by atoms with van der Waals surface area (Å²) in [7, 11) is 0. The first-order chi connectivity index (χ1) is 9.38. The van der Waals surface area contributed by atoms with E-state index in [1.165, 1.54) is 24.4 Å². The minimum atomic E-state index is -4.53. The van der Waals surface area contributed by atoms with E-state index in [0.717, 1.165) is 6.07 Å². The number of alkyl halides is 3. The fourth-order valence-corrected chi connectivity index (χ4v) is 1.58. The van der Waals surface area contributed by atoms with Crippen molar-refractivity contribution in [1.29, 1.82) is 0 Å². The van der Waals surface area contributed by atoms with E-state index in [9.17, 15) is 18.0 Å². The van der Waals surface area contributed by atoms with E-state index in [1.807, 2.05) is 0 Å². The topological polar surface area (TPSA) is 69.8 Å². The Hall–Kier alpha value is -2.51.